The molecule has 1 aromatic carbocycles. The van der Waals surface area contributed by atoms with Crippen LogP contribution in [0.25, 0.3) is 0 Å². The average Bonchev–Trinajstić information content (AvgIpc) is 2.89. The maximum Gasteiger partial charge on any atom is 0.265 e. The number of hydrogen-bond acceptors (Lipinski definition) is 3. The zero-order valence-electron chi connectivity index (χ0n) is 22.0. The van der Waals surface area contributed by atoms with E-state index >= 15 is 0 Å². The Hall–Kier alpha value is -1.99. The SMILES string of the molecule is C#C.CC.CC.CC.CCCCC1CCN(CCCN2C(=O)COc3ccccc32)CC1. The van der Waals surface area contributed by atoms with Gasteiger partial charge in [0.1, 0.15) is 5.75 Å². The summed E-state index contributed by atoms with van der Waals surface area (Å²) in [4.78, 5) is 16.6. The molecule has 0 saturated carbocycles. The van der Waals surface area contributed by atoms with Crippen LogP contribution in [0, 0.1) is 18.8 Å². The summed E-state index contributed by atoms with van der Waals surface area (Å²) >= 11 is 0. The normalized spacial score (nSPS) is 15.0. The zero-order chi connectivity index (χ0) is 24.8. The molecular weight excluding hydrogens is 396 g/mol. The Balaban J connectivity index is 0. The molecule has 2 aliphatic heterocycles. The molecule has 0 atom stereocenters. The number of likely N-dealkylation sites (tertiary alicyclic amines) is 1. The van der Waals surface area contributed by atoms with Crippen molar-refractivity contribution in [2.45, 2.75) is 87.0 Å². The molecule has 0 bridgehead atoms. The minimum atomic E-state index is 0.0759. The predicted molar refractivity (Wildman–Crippen MR) is 142 cm³/mol. The number of para-hydroxylation sites is 2. The molecule has 3 rings (SSSR count). The van der Waals surface area contributed by atoms with Gasteiger partial charge in [-0.25, -0.2) is 0 Å². The number of amides is 1. The maximum absolute atomic E-state index is 12.2. The van der Waals surface area contributed by atoms with Crippen molar-refractivity contribution in [1.82, 2.24) is 4.90 Å². The van der Waals surface area contributed by atoms with Crippen LogP contribution in [0.2, 0.25) is 0 Å². The fourth-order valence-corrected chi connectivity index (χ4v) is 3.84. The van der Waals surface area contributed by atoms with Gasteiger partial charge in [0.05, 0.1) is 5.69 Å². The van der Waals surface area contributed by atoms with E-state index in [-0.39, 0.29) is 12.5 Å². The molecule has 4 nitrogen and oxygen atoms in total. The molecule has 0 aromatic heterocycles. The van der Waals surface area contributed by atoms with Crippen LogP contribution >= 0.6 is 0 Å². The highest BCUT2D eigenvalue weighted by molar-refractivity contribution is 5.97. The molecule has 1 fully saturated rings. The van der Waals surface area contributed by atoms with Gasteiger partial charge in [-0.05, 0) is 56.9 Å². The molecule has 32 heavy (non-hydrogen) atoms. The van der Waals surface area contributed by atoms with Gasteiger partial charge in [-0.2, -0.15) is 0 Å². The summed E-state index contributed by atoms with van der Waals surface area (Å²) in [7, 11) is 0. The van der Waals surface area contributed by atoms with Gasteiger partial charge in [-0.15, -0.1) is 12.8 Å². The summed E-state index contributed by atoms with van der Waals surface area (Å²) in [5.41, 5.74) is 0.923. The Kier molecular flexibility index (Phi) is 22.3. The van der Waals surface area contributed by atoms with E-state index in [0.29, 0.717) is 0 Å². The van der Waals surface area contributed by atoms with Crippen LogP contribution in [-0.2, 0) is 4.79 Å². The van der Waals surface area contributed by atoms with Crippen molar-refractivity contribution in [3.8, 4) is 18.6 Å². The van der Waals surface area contributed by atoms with Crippen molar-refractivity contribution in [2.75, 3.05) is 37.7 Å². The van der Waals surface area contributed by atoms with Gasteiger partial charge >= 0.3 is 0 Å². The second-order valence-electron chi connectivity index (χ2n) is 7.08. The molecule has 1 saturated heterocycles. The number of terminal acetylenes is 1. The van der Waals surface area contributed by atoms with Gasteiger partial charge in [0.2, 0.25) is 0 Å². The Morgan fingerprint density at radius 2 is 1.53 bits per heavy atom. The van der Waals surface area contributed by atoms with E-state index in [1.807, 2.05) is 70.7 Å². The topological polar surface area (TPSA) is 32.8 Å². The largest absolute Gasteiger partial charge is 0.482 e. The first-order chi connectivity index (χ1) is 15.8. The second kappa shape index (κ2) is 22.2. The first kappa shape index (κ1) is 32.2. The van der Waals surface area contributed by atoms with Crippen molar-refractivity contribution in [3.63, 3.8) is 0 Å². The van der Waals surface area contributed by atoms with E-state index in [2.05, 4.69) is 24.7 Å². The number of ether oxygens (including phenoxy) is 1. The second-order valence-corrected chi connectivity index (χ2v) is 7.08. The molecular formula is C28H50N2O2. The average molecular weight is 447 g/mol. The zero-order valence-corrected chi connectivity index (χ0v) is 22.0. The number of fused-ring (bicyclic) bond motifs is 1. The lowest BCUT2D eigenvalue weighted by Crippen LogP contribution is -2.41. The summed E-state index contributed by atoms with van der Waals surface area (Å²) in [5, 5.41) is 0. The Morgan fingerprint density at radius 1 is 0.938 bits per heavy atom. The number of rotatable bonds is 7. The van der Waals surface area contributed by atoms with E-state index in [4.69, 9.17) is 4.74 Å². The summed E-state index contributed by atoms with van der Waals surface area (Å²) in [5.74, 6) is 1.84. The van der Waals surface area contributed by atoms with Gasteiger partial charge in [-0.3, -0.25) is 4.79 Å². The van der Waals surface area contributed by atoms with Gasteiger partial charge in [0, 0.05) is 6.54 Å². The summed E-state index contributed by atoms with van der Waals surface area (Å²) in [6, 6.07) is 7.84. The lowest BCUT2D eigenvalue weighted by molar-refractivity contribution is -0.121. The van der Waals surface area contributed by atoms with Crippen LogP contribution in [0.3, 0.4) is 0 Å². The fourth-order valence-electron chi connectivity index (χ4n) is 3.84. The molecule has 2 aliphatic rings. The summed E-state index contributed by atoms with van der Waals surface area (Å²) in [6.45, 7) is 18.8. The van der Waals surface area contributed by atoms with Crippen LogP contribution in [0.5, 0.6) is 5.75 Å². The number of nitrogens with zero attached hydrogens (tertiary/aromatic N) is 2. The number of carbonyl (C=O) groups is 1. The Bertz CT molecular complexity index is 578. The highest BCUT2D eigenvalue weighted by Gasteiger charge is 2.25. The lowest BCUT2D eigenvalue weighted by atomic mass is 9.91. The molecule has 0 aliphatic carbocycles. The molecule has 0 radical (unpaired) electrons. The van der Waals surface area contributed by atoms with Crippen molar-refractivity contribution >= 4 is 11.6 Å². The van der Waals surface area contributed by atoms with Crippen LogP contribution in [0.4, 0.5) is 5.69 Å². The Labute approximate surface area is 199 Å². The predicted octanol–water partition coefficient (Wildman–Crippen LogP) is 7.03. The van der Waals surface area contributed by atoms with Crippen LogP contribution in [-0.4, -0.2) is 43.6 Å². The third-order valence-electron chi connectivity index (χ3n) is 5.34. The van der Waals surface area contributed by atoms with Gasteiger partial charge in [-0.1, -0.05) is 79.9 Å². The minimum Gasteiger partial charge on any atom is -0.482 e. The van der Waals surface area contributed by atoms with Gasteiger partial charge in [0.15, 0.2) is 6.61 Å². The molecule has 0 N–H and O–H groups in total. The third-order valence-corrected chi connectivity index (χ3v) is 5.34. The van der Waals surface area contributed by atoms with E-state index in [0.717, 1.165) is 36.9 Å². The molecule has 0 spiro atoms. The number of carbonyl (C=O) groups excluding carboxylic acids is 1. The minimum absolute atomic E-state index is 0.0759. The van der Waals surface area contributed by atoms with E-state index in [9.17, 15) is 4.79 Å². The smallest absolute Gasteiger partial charge is 0.265 e. The number of benzene rings is 1. The van der Waals surface area contributed by atoms with Crippen LogP contribution in [0.1, 0.15) is 87.0 Å². The quantitative estimate of drug-likeness (QED) is 0.421. The standard InChI is InChI=1S/C20H30N2O2.3C2H6.C2H2/c1-2-3-7-17-10-14-21(15-11-17)12-6-13-22-18-8-4-5-9-19(18)24-16-20(22)23;4*1-2/h4-5,8-9,17H,2-3,6-7,10-16H2,1H3;3*1-2H3;1-2H. The van der Waals surface area contributed by atoms with E-state index in [1.54, 1.807) is 0 Å². The monoisotopic (exact) mass is 446 g/mol. The Morgan fingerprint density at radius 3 is 2.12 bits per heavy atom. The highest BCUT2D eigenvalue weighted by atomic mass is 16.5. The number of anilines is 1. The fraction of sp³-hybridized carbons (Fsp3) is 0.679. The third kappa shape index (κ3) is 11.6. The molecule has 2 heterocycles. The molecule has 184 valence electrons. The van der Waals surface area contributed by atoms with Gasteiger partial charge < -0.3 is 14.5 Å². The number of hydrogen-bond donors (Lipinski definition) is 0. The van der Waals surface area contributed by atoms with E-state index in [1.165, 1.54) is 45.2 Å². The molecule has 1 amide bonds. The van der Waals surface area contributed by atoms with Crippen molar-refractivity contribution in [3.05, 3.63) is 24.3 Å². The summed E-state index contributed by atoms with van der Waals surface area (Å²) < 4.78 is 5.50. The highest BCUT2D eigenvalue weighted by Crippen LogP contribution is 2.31. The molecule has 4 heteroatoms. The van der Waals surface area contributed by atoms with Gasteiger partial charge in [0.25, 0.3) is 5.91 Å². The maximum atomic E-state index is 12.2. The van der Waals surface area contributed by atoms with Crippen molar-refractivity contribution < 1.29 is 9.53 Å². The first-order valence-electron chi connectivity index (χ1n) is 12.9. The molecule has 0 unspecified atom stereocenters. The van der Waals surface area contributed by atoms with Crippen molar-refractivity contribution in [1.29, 1.82) is 0 Å². The number of piperidine rings is 1. The van der Waals surface area contributed by atoms with E-state index < -0.39 is 0 Å². The molecule has 1 aromatic rings. The first-order valence-corrected chi connectivity index (χ1v) is 12.9. The van der Waals surface area contributed by atoms with Crippen LogP contribution in [0.15, 0.2) is 24.3 Å². The van der Waals surface area contributed by atoms with Crippen LogP contribution < -0.4 is 9.64 Å². The number of unbranched alkanes of at least 4 members (excludes halogenated alkanes) is 1. The summed E-state index contributed by atoms with van der Waals surface area (Å²) in [6.07, 6.45) is 15.8. The lowest BCUT2D eigenvalue weighted by Gasteiger charge is -2.33. The van der Waals surface area contributed by atoms with Crippen molar-refractivity contribution in [2.24, 2.45) is 5.92 Å².